The number of nitrogens with one attached hydrogen (secondary N) is 1. The highest BCUT2D eigenvalue weighted by molar-refractivity contribution is 6.31. The number of benzene rings is 2. The summed E-state index contributed by atoms with van der Waals surface area (Å²) in [5, 5.41) is 14.7. The Bertz CT molecular complexity index is 825. The van der Waals surface area contributed by atoms with E-state index in [1.54, 1.807) is 17.0 Å². The Morgan fingerprint density at radius 2 is 2.12 bits per heavy atom. The van der Waals surface area contributed by atoms with Crippen molar-refractivity contribution in [3.8, 4) is 0 Å². The normalized spacial score (nSPS) is 14.2. The van der Waals surface area contributed by atoms with Crippen LogP contribution in [0.1, 0.15) is 24.1 Å². The van der Waals surface area contributed by atoms with Gasteiger partial charge in [-0.1, -0.05) is 29.8 Å². The number of non-ortho nitro benzene ring substituents is 1. The summed E-state index contributed by atoms with van der Waals surface area (Å²) in [6.07, 6.45) is 0.628. The lowest BCUT2D eigenvalue weighted by Gasteiger charge is -2.20. The molecule has 1 amide bonds. The predicted octanol–water partition coefficient (Wildman–Crippen LogP) is 3.49. The predicted molar refractivity (Wildman–Crippen MR) is 97.0 cm³/mol. The van der Waals surface area contributed by atoms with Crippen LogP contribution in [0.5, 0.6) is 0 Å². The van der Waals surface area contributed by atoms with E-state index in [0.29, 0.717) is 18.0 Å². The van der Waals surface area contributed by atoms with Gasteiger partial charge in [0.1, 0.15) is 0 Å². The van der Waals surface area contributed by atoms with E-state index in [-0.39, 0.29) is 24.2 Å². The fraction of sp³-hybridized carbons (Fsp3) is 0.278. The minimum absolute atomic E-state index is 0.0542. The molecule has 0 unspecified atom stereocenters. The van der Waals surface area contributed by atoms with E-state index >= 15 is 0 Å². The lowest BCUT2D eigenvalue weighted by molar-refractivity contribution is -0.384. The number of hydrogen-bond donors (Lipinski definition) is 1. The number of rotatable bonds is 5. The number of nitro groups is 1. The average molecular weight is 360 g/mol. The van der Waals surface area contributed by atoms with Crippen LogP contribution in [-0.4, -0.2) is 23.9 Å². The first-order valence-corrected chi connectivity index (χ1v) is 8.40. The standard InChI is InChI=1S/C18H18ClN3O3/c1-12(15-4-2-3-5-16(15)19)20-11-18(23)21-9-8-13-10-14(22(24)25)6-7-17(13)21/h2-7,10,12,20H,8-9,11H2,1H3/t12-/m0/s1. The molecule has 0 saturated heterocycles. The van der Waals surface area contributed by atoms with E-state index in [1.807, 2.05) is 31.2 Å². The van der Waals surface area contributed by atoms with Gasteiger partial charge in [-0.2, -0.15) is 0 Å². The highest BCUT2D eigenvalue weighted by atomic mass is 35.5. The van der Waals surface area contributed by atoms with Crippen molar-refractivity contribution in [2.24, 2.45) is 0 Å². The van der Waals surface area contributed by atoms with Crippen LogP contribution in [0.4, 0.5) is 11.4 Å². The van der Waals surface area contributed by atoms with E-state index in [4.69, 9.17) is 11.6 Å². The zero-order valence-corrected chi connectivity index (χ0v) is 14.5. The van der Waals surface area contributed by atoms with Crippen molar-refractivity contribution >= 4 is 28.9 Å². The van der Waals surface area contributed by atoms with E-state index < -0.39 is 4.92 Å². The average Bonchev–Trinajstić information content (AvgIpc) is 3.03. The van der Waals surface area contributed by atoms with Crippen molar-refractivity contribution in [2.75, 3.05) is 18.0 Å². The smallest absolute Gasteiger partial charge is 0.269 e. The second kappa shape index (κ2) is 7.21. The van der Waals surface area contributed by atoms with Crippen LogP contribution in [0.25, 0.3) is 0 Å². The molecule has 7 heteroatoms. The van der Waals surface area contributed by atoms with Crippen molar-refractivity contribution in [1.82, 2.24) is 5.32 Å². The van der Waals surface area contributed by atoms with Gasteiger partial charge in [-0.15, -0.1) is 0 Å². The molecule has 0 bridgehead atoms. The molecule has 3 rings (SSSR count). The SMILES string of the molecule is C[C@H](NCC(=O)N1CCc2cc([N+](=O)[O-])ccc21)c1ccccc1Cl. The third kappa shape index (κ3) is 3.65. The van der Waals surface area contributed by atoms with Crippen molar-refractivity contribution in [3.63, 3.8) is 0 Å². The third-order valence-electron chi connectivity index (χ3n) is 4.40. The van der Waals surface area contributed by atoms with Crippen LogP contribution >= 0.6 is 11.6 Å². The molecule has 0 saturated carbocycles. The molecule has 25 heavy (non-hydrogen) atoms. The Kier molecular flexibility index (Phi) is 5.01. The number of nitro benzene ring substituents is 1. The third-order valence-corrected chi connectivity index (χ3v) is 4.75. The van der Waals surface area contributed by atoms with E-state index in [2.05, 4.69) is 5.32 Å². The fourth-order valence-corrected chi connectivity index (χ4v) is 3.33. The highest BCUT2D eigenvalue weighted by Crippen LogP contribution is 2.31. The Morgan fingerprint density at radius 3 is 2.84 bits per heavy atom. The Hall–Kier alpha value is -2.44. The van der Waals surface area contributed by atoms with Crippen LogP contribution < -0.4 is 10.2 Å². The molecule has 6 nitrogen and oxygen atoms in total. The molecule has 0 fully saturated rings. The van der Waals surface area contributed by atoms with Crippen molar-refractivity contribution in [1.29, 1.82) is 0 Å². The number of carbonyl (C=O) groups is 1. The molecule has 0 radical (unpaired) electrons. The van der Waals surface area contributed by atoms with Crippen LogP contribution in [0, 0.1) is 10.1 Å². The van der Waals surface area contributed by atoms with Gasteiger partial charge in [0.05, 0.1) is 11.5 Å². The molecule has 1 atom stereocenters. The largest absolute Gasteiger partial charge is 0.311 e. The number of nitrogens with zero attached hydrogens (tertiary/aromatic N) is 2. The molecule has 2 aromatic carbocycles. The van der Waals surface area contributed by atoms with Gasteiger partial charge in [0, 0.05) is 35.4 Å². The Morgan fingerprint density at radius 1 is 1.36 bits per heavy atom. The zero-order chi connectivity index (χ0) is 18.0. The zero-order valence-electron chi connectivity index (χ0n) is 13.7. The van der Waals surface area contributed by atoms with Crippen molar-refractivity contribution < 1.29 is 9.72 Å². The topological polar surface area (TPSA) is 75.5 Å². The first-order valence-electron chi connectivity index (χ1n) is 8.03. The number of halogens is 1. The maximum Gasteiger partial charge on any atom is 0.269 e. The van der Waals surface area contributed by atoms with Gasteiger partial charge >= 0.3 is 0 Å². The molecule has 0 spiro atoms. The summed E-state index contributed by atoms with van der Waals surface area (Å²) in [6, 6.07) is 12.1. The summed E-state index contributed by atoms with van der Waals surface area (Å²) >= 11 is 6.18. The van der Waals surface area contributed by atoms with Crippen LogP contribution in [0.2, 0.25) is 5.02 Å². The van der Waals surface area contributed by atoms with Crippen LogP contribution in [0.15, 0.2) is 42.5 Å². The van der Waals surface area contributed by atoms with E-state index in [9.17, 15) is 14.9 Å². The number of anilines is 1. The van der Waals surface area contributed by atoms with Gasteiger partial charge in [0.15, 0.2) is 0 Å². The maximum absolute atomic E-state index is 12.5. The molecule has 130 valence electrons. The van der Waals surface area contributed by atoms with Gasteiger partial charge in [-0.3, -0.25) is 14.9 Å². The van der Waals surface area contributed by atoms with Gasteiger partial charge < -0.3 is 10.2 Å². The van der Waals surface area contributed by atoms with E-state index in [1.165, 1.54) is 6.07 Å². The minimum atomic E-state index is -0.419. The van der Waals surface area contributed by atoms with Gasteiger partial charge in [0.25, 0.3) is 5.69 Å². The Labute approximate surface area is 150 Å². The number of carbonyl (C=O) groups excluding carboxylic acids is 1. The summed E-state index contributed by atoms with van der Waals surface area (Å²) in [7, 11) is 0. The second-order valence-corrected chi connectivity index (χ2v) is 6.40. The summed E-state index contributed by atoms with van der Waals surface area (Å²) in [5.74, 6) is -0.0634. The Balaban J connectivity index is 1.66. The number of amides is 1. The molecule has 0 aromatic heterocycles. The summed E-state index contributed by atoms with van der Waals surface area (Å²) in [4.78, 5) is 24.7. The quantitative estimate of drug-likeness (QED) is 0.655. The molecular weight excluding hydrogens is 342 g/mol. The first kappa shape index (κ1) is 17.4. The monoisotopic (exact) mass is 359 g/mol. The second-order valence-electron chi connectivity index (χ2n) is 5.99. The fourth-order valence-electron chi connectivity index (χ4n) is 3.03. The summed E-state index contributed by atoms with van der Waals surface area (Å²) in [5.41, 5.74) is 2.58. The molecule has 1 aliphatic rings. The molecule has 1 N–H and O–H groups in total. The molecular formula is C18H18ClN3O3. The lowest BCUT2D eigenvalue weighted by atomic mass is 10.1. The summed E-state index contributed by atoms with van der Waals surface area (Å²) in [6.45, 7) is 2.66. The van der Waals surface area contributed by atoms with Crippen LogP contribution in [0.3, 0.4) is 0 Å². The summed E-state index contributed by atoms with van der Waals surface area (Å²) < 4.78 is 0. The molecule has 1 heterocycles. The number of fused-ring (bicyclic) bond motifs is 1. The van der Waals surface area contributed by atoms with Gasteiger partial charge in [-0.25, -0.2) is 0 Å². The van der Waals surface area contributed by atoms with Gasteiger partial charge in [0.2, 0.25) is 5.91 Å². The number of hydrogen-bond acceptors (Lipinski definition) is 4. The van der Waals surface area contributed by atoms with Crippen molar-refractivity contribution in [2.45, 2.75) is 19.4 Å². The molecule has 2 aromatic rings. The van der Waals surface area contributed by atoms with Crippen molar-refractivity contribution in [3.05, 3.63) is 68.7 Å². The minimum Gasteiger partial charge on any atom is -0.311 e. The molecule has 1 aliphatic heterocycles. The van der Waals surface area contributed by atoms with E-state index in [0.717, 1.165) is 16.8 Å². The maximum atomic E-state index is 12.5. The van der Waals surface area contributed by atoms with Gasteiger partial charge in [-0.05, 0) is 36.6 Å². The molecule has 0 aliphatic carbocycles. The highest BCUT2D eigenvalue weighted by Gasteiger charge is 2.26. The first-order chi connectivity index (χ1) is 12.0. The lowest BCUT2D eigenvalue weighted by Crippen LogP contribution is -2.38. The van der Waals surface area contributed by atoms with Crippen LogP contribution in [-0.2, 0) is 11.2 Å².